The zero-order chi connectivity index (χ0) is 13.8. The molecule has 20 heavy (non-hydrogen) atoms. The largest absolute Gasteiger partial charge is 0.353 e. The van der Waals surface area contributed by atoms with Crippen molar-refractivity contribution < 1.29 is 9.18 Å². The van der Waals surface area contributed by atoms with E-state index < -0.39 is 0 Å². The minimum absolute atomic E-state index is 0. The number of hydrogen-bond acceptors (Lipinski definition) is 2. The molecule has 0 radical (unpaired) electrons. The van der Waals surface area contributed by atoms with Gasteiger partial charge in [-0.05, 0) is 44.2 Å². The van der Waals surface area contributed by atoms with E-state index in [9.17, 15) is 9.18 Å². The first-order chi connectivity index (χ1) is 9.06. The second kappa shape index (κ2) is 7.60. The Morgan fingerprint density at radius 3 is 2.75 bits per heavy atom. The number of nitrogens with one attached hydrogen (secondary N) is 1. The molecule has 0 heterocycles. The summed E-state index contributed by atoms with van der Waals surface area (Å²) in [5.41, 5.74) is 6.44. The van der Waals surface area contributed by atoms with E-state index in [1.165, 1.54) is 6.07 Å². The first kappa shape index (κ1) is 16.9. The van der Waals surface area contributed by atoms with Crippen molar-refractivity contribution in [1.82, 2.24) is 5.32 Å². The lowest BCUT2D eigenvalue weighted by Crippen LogP contribution is -2.38. The summed E-state index contributed by atoms with van der Waals surface area (Å²) in [6.45, 7) is 1.90. The first-order valence-electron chi connectivity index (χ1n) is 6.85. The molecule has 3 atom stereocenters. The molecule has 0 aromatic heterocycles. The maximum Gasteiger partial charge on any atom is 0.223 e. The van der Waals surface area contributed by atoms with Crippen molar-refractivity contribution in [2.24, 2.45) is 11.7 Å². The van der Waals surface area contributed by atoms with Crippen LogP contribution in [-0.2, 0) is 11.2 Å². The van der Waals surface area contributed by atoms with E-state index in [4.69, 9.17) is 5.73 Å². The van der Waals surface area contributed by atoms with Gasteiger partial charge in [-0.3, -0.25) is 4.79 Å². The lowest BCUT2D eigenvalue weighted by atomic mass is 10.0. The molecule has 1 fully saturated rings. The Kier molecular flexibility index (Phi) is 6.43. The monoisotopic (exact) mass is 300 g/mol. The fourth-order valence-electron chi connectivity index (χ4n) is 2.66. The fraction of sp³-hybridized carbons (Fsp3) is 0.533. The van der Waals surface area contributed by atoms with Crippen LogP contribution < -0.4 is 11.1 Å². The summed E-state index contributed by atoms with van der Waals surface area (Å²) in [7, 11) is 0. The molecule has 0 saturated heterocycles. The van der Waals surface area contributed by atoms with Gasteiger partial charge in [0.25, 0.3) is 0 Å². The molecule has 3 N–H and O–H groups in total. The van der Waals surface area contributed by atoms with Gasteiger partial charge in [0.15, 0.2) is 0 Å². The summed E-state index contributed by atoms with van der Waals surface area (Å²) < 4.78 is 13.5. The van der Waals surface area contributed by atoms with Crippen LogP contribution in [0.25, 0.3) is 0 Å². The summed E-state index contributed by atoms with van der Waals surface area (Å²) in [6.07, 6.45) is 3.05. The van der Waals surface area contributed by atoms with Crippen molar-refractivity contribution in [1.29, 1.82) is 0 Å². The van der Waals surface area contributed by atoms with Crippen LogP contribution in [0.5, 0.6) is 0 Å². The zero-order valence-corrected chi connectivity index (χ0v) is 12.5. The highest BCUT2D eigenvalue weighted by atomic mass is 35.5. The Bertz CT molecular complexity index is 455. The highest BCUT2D eigenvalue weighted by Crippen LogP contribution is 2.24. The Balaban J connectivity index is 0.00000200. The van der Waals surface area contributed by atoms with Gasteiger partial charge in [0.1, 0.15) is 5.82 Å². The van der Waals surface area contributed by atoms with Crippen molar-refractivity contribution in [2.45, 2.75) is 44.7 Å². The molecule has 1 aliphatic rings. The van der Waals surface area contributed by atoms with E-state index in [1.807, 2.05) is 13.0 Å². The Hall–Kier alpha value is -1.13. The molecule has 1 aliphatic carbocycles. The van der Waals surface area contributed by atoms with E-state index in [1.54, 1.807) is 12.1 Å². The molecule has 0 bridgehead atoms. The van der Waals surface area contributed by atoms with Crippen molar-refractivity contribution in [2.75, 3.05) is 0 Å². The Morgan fingerprint density at radius 1 is 1.45 bits per heavy atom. The van der Waals surface area contributed by atoms with Gasteiger partial charge in [0, 0.05) is 18.0 Å². The number of nitrogens with two attached hydrogens (primary N) is 1. The van der Waals surface area contributed by atoms with Crippen LogP contribution in [0.4, 0.5) is 4.39 Å². The highest BCUT2D eigenvalue weighted by molar-refractivity contribution is 5.85. The van der Waals surface area contributed by atoms with Gasteiger partial charge in [-0.2, -0.15) is 0 Å². The van der Waals surface area contributed by atoms with Gasteiger partial charge >= 0.3 is 0 Å². The first-order valence-corrected chi connectivity index (χ1v) is 6.85. The lowest BCUT2D eigenvalue weighted by molar-refractivity contribution is -0.125. The van der Waals surface area contributed by atoms with Gasteiger partial charge < -0.3 is 11.1 Å². The SMILES string of the molecule is CC(Cc1ccccc1F)NC(=O)C1CCC(N)C1.Cl. The third-order valence-corrected chi connectivity index (χ3v) is 3.72. The fourth-order valence-corrected chi connectivity index (χ4v) is 2.66. The van der Waals surface area contributed by atoms with Crippen LogP contribution in [-0.4, -0.2) is 18.0 Å². The normalized spacial score (nSPS) is 22.9. The van der Waals surface area contributed by atoms with Crippen LogP contribution in [0.2, 0.25) is 0 Å². The third-order valence-electron chi connectivity index (χ3n) is 3.72. The number of halogens is 2. The molecule has 1 aromatic carbocycles. The van der Waals surface area contributed by atoms with Gasteiger partial charge in [0.2, 0.25) is 5.91 Å². The number of hydrogen-bond donors (Lipinski definition) is 2. The lowest BCUT2D eigenvalue weighted by Gasteiger charge is -2.17. The predicted octanol–water partition coefficient (Wildman–Crippen LogP) is 2.42. The molecule has 1 amide bonds. The maximum absolute atomic E-state index is 13.5. The van der Waals surface area contributed by atoms with Crippen LogP contribution in [0.15, 0.2) is 24.3 Å². The molecule has 112 valence electrons. The van der Waals surface area contributed by atoms with Gasteiger partial charge in [0.05, 0.1) is 0 Å². The van der Waals surface area contributed by atoms with Crippen LogP contribution in [0, 0.1) is 11.7 Å². The van der Waals surface area contributed by atoms with E-state index >= 15 is 0 Å². The molecular weight excluding hydrogens is 279 g/mol. The molecule has 0 aliphatic heterocycles. The summed E-state index contributed by atoms with van der Waals surface area (Å²) in [4.78, 5) is 12.0. The molecule has 2 rings (SSSR count). The average Bonchev–Trinajstić information content (AvgIpc) is 2.79. The van der Waals surface area contributed by atoms with Crippen LogP contribution in [0.1, 0.15) is 31.7 Å². The molecule has 3 unspecified atom stereocenters. The standard InChI is InChI=1S/C15H21FN2O.ClH/c1-10(8-11-4-2-3-5-14(11)16)18-15(19)12-6-7-13(17)9-12;/h2-5,10,12-13H,6-9,17H2,1H3,(H,18,19);1H. The molecule has 5 heteroatoms. The highest BCUT2D eigenvalue weighted by Gasteiger charge is 2.28. The molecule has 3 nitrogen and oxygen atoms in total. The van der Waals surface area contributed by atoms with Crippen molar-refractivity contribution in [3.8, 4) is 0 Å². The van der Waals surface area contributed by atoms with Crippen molar-refractivity contribution in [3.05, 3.63) is 35.6 Å². The van der Waals surface area contributed by atoms with Crippen LogP contribution >= 0.6 is 12.4 Å². The summed E-state index contributed by atoms with van der Waals surface area (Å²) in [5, 5.41) is 2.96. The Morgan fingerprint density at radius 2 is 2.15 bits per heavy atom. The number of carbonyl (C=O) groups excluding carboxylic acids is 1. The third kappa shape index (κ3) is 4.46. The molecular formula is C15H22ClFN2O. The molecule has 1 saturated carbocycles. The van der Waals surface area contributed by atoms with Crippen molar-refractivity contribution >= 4 is 18.3 Å². The summed E-state index contributed by atoms with van der Waals surface area (Å²) in [5.74, 6) is -0.138. The smallest absolute Gasteiger partial charge is 0.223 e. The molecule has 1 aromatic rings. The second-order valence-electron chi connectivity index (χ2n) is 5.48. The second-order valence-corrected chi connectivity index (χ2v) is 5.48. The van der Waals surface area contributed by atoms with Gasteiger partial charge in [-0.1, -0.05) is 18.2 Å². The van der Waals surface area contributed by atoms with Gasteiger partial charge in [-0.25, -0.2) is 4.39 Å². The van der Waals surface area contributed by atoms with E-state index in [-0.39, 0.29) is 42.1 Å². The predicted molar refractivity (Wildman–Crippen MR) is 80.3 cm³/mol. The van der Waals surface area contributed by atoms with Gasteiger partial charge in [-0.15, -0.1) is 12.4 Å². The Labute approximate surface area is 125 Å². The summed E-state index contributed by atoms with van der Waals surface area (Å²) >= 11 is 0. The minimum atomic E-state index is -0.216. The topological polar surface area (TPSA) is 55.1 Å². The number of amides is 1. The number of carbonyl (C=O) groups is 1. The maximum atomic E-state index is 13.5. The van der Waals surface area contributed by atoms with Crippen molar-refractivity contribution in [3.63, 3.8) is 0 Å². The zero-order valence-electron chi connectivity index (χ0n) is 11.6. The van der Waals surface area contributed by atoms with Crippen LogP contribution in [0.3, 0.4) is 0 Å². The summed E-state index contributed by atoms with van der Waals surface area (Å²) in [6, 6.07) is 6.76. The minimum Gasteiger partial charge on any atom is -0.353 e. The number of rotatable bonds is 4. The average molecular weight is 301 g/mol. The van der Waals surface area contributed by atoms with E-state index in [0.29, 0.717) is 12.0 Å². The van der Waals surface area contributed by atoms with E-state index in [2.05, 4.69) is 5.32 Å². The number of benzene rings is 1. The molecule has 0 spiro atoms. The van der Waals surface area contributed by atoms with E-state index in [0.717, 1.165) is 19.3 Å². The quantitative estimate of drug-likeness (QED) is 0.897.